The van der Waals surface area contributed by atoms with Crippen LogP contribution in [0.5, 0.6) is 0 Å². The van der Waals surface area contributed by atoms with E-state index in [0.29, 0.717) is 5.52 Å². The van der Waals surface area contributed by atoms with Gasteiger partial charge < -0.3 is 10.1 Å². The number of benzene rings is 2. The molecule has 3 aromatic rings. The van der Waals surface area contributed by atoms with Crippen molar-refractivity contribution in [2.24, 2.45) is 0 Å². The molecule has 5 nitrogen and oxygen atoms in total. The molecule has 1 N–H and O–H groups in total. The molecule has 3 rings (SSSR count). The minimum Gasteiger partial charge on any atom is -0.448 e. The van der Waals surface area contributed by atoms with Crippen molar-refractivity contribution in [1.29, 1.82) is 0 Å². The van der Waals surface area contributed by atoms with Gasteiger partial charge in [0.15, 0.2) is 6.10 Å². The third-order valence-electron chi connectivity index (χ3n) is 3.84. The van der Waals surface area contributed by atoms with E-state index >= 15 is 0 Å². The van der Waals surface area contributed by atoms with E-state index in [1.54, 1.807) is 30.3 Å². The lowest BCUT2D eigenvalue weighted by atomic mass is 10.2. The smallest absolute Gasteiger partial charge is 0.357 e. The molecular weight excluding hydrogens is 335 g/mol. The number of carbonyl (C=O) groups is 2. The fourth-order valence-corrected chi connectivity index (χ4v) is 2.39. The van der Waals surface area contributed by atoms with Gasteiger partial charge in [-0.15, -0.1) is 0 Å². The molecule has 0 aliphatic rings. The second-order valence-corrected chi connectivity index (χ2v) is 5.78. The number of amides is 1. The van der Waals surface area contributed by atoms with Crippen LogP contribution < -0.4 is 5.32 Å². The van der Waals surface area contributed by atoms with E-state index in [9.17, 15) is 14.0 Å². The molecule has 0 saturated carbocycles. The van der Waals surface area contributed by atoms with Crippen LogP contribution in [0.3, 0.4) is 0 Å². The van der Waals surface area contributed by atoms with Crippen LogP contribution >= 0.6 is 0 Å². The molecule has 132 valence electrons. The molecule has 0 radical (unpaired) electrons. The SMILES string of the molecule is CC(OC(=O)c1ccc2ccccc2n1)C(=O)NCc1ccc(F)cc1. The Bertz CT molecular complexity index is 941. The molecule has 1 atom stereocenters. The highest BCUT2D eigenvalue weighted by Crippen LogP contribution is 2.13. The third kappa shape index (κ3) is 4.22. The summed E-state index contributed by atoms with van der Waals surface area (Å²) in [5.41, 5.74) is 1.56. The van der Waals surface area contributed by atoms with Gasteiger partial charge in [0.05, 0.1) is 5.52 Å². The van der Waals surface area contributed by atoms with Gasteiger partial charge in [-0.05, 0) is 36.8 Å². The predicted octanol–water partition coefficient (Wildman–Crippen LogP) is 3.24. The van der Waals surface area contributed by atoms with E-state index < -0.39 is 18.0 Å². The quantitative estimate of drug-likeness (QED) is 0.716. The summed E-state index contributed by atoms with van der Waals surface area (Å²) in [6.45, 7) is 1.70. The average molecular weight is 352 g/mol. The lowest BCUT2D eigenvalue weighted by molar-refractivity contribution is -0.129. The highest BCUT2D eigenvalue weighted by molar-refractivity contribution is 5.93. The Morgan fingerprint density at radius 1 is 1.08 bits per heavy atom. The van der Waals surface area contributed by atoms with Gasteiger partial charge >= 0.3 is 5.97 Å². The van der Waals surface area contributed by atoms with E-state index in [0.717, 1.165) is 10.9 Å². The van der Waals surface area contributed by atoms with Crippen molar-refractivity contribution < 1.29 is 18.7 Å². The van der Waals surface area contributed by atoms with Crippen molar-refractivity contribution in [2.45, 2.75) is 19.6 Å². The molecule has 1 aromatic heterocycles. The van der Waals surface area contributed by atoms with Crippen LogP contribution in [0.15, 0.2) is 60.7 Å². The Balaban J connectivity index is 1.58. The Hall–Kier alpha value is -3.28. The zero-order valence-electron chi connectivity index (χ0n) is 14.1. The minimum absolute atomic E-state index is 0.141. The summed E-state index contributed by atoms with van der Waals surface area (Å²) in [6, 6.07) is 16.5. The maximum Gasteiger partial charge on any atom is 0.357 e. The first kappa shape index (κ1) is 17.5. The second-order valence-electron chi connectivity index (χ2n) is 5.78. The van der Waals surface area contributed by atoms with E-state index in [2.05, 4.69) is 10.3 Å². The number of aromatic nitrogens is 1. The van der Waals surface area contributed by atoms with E-state index in [1.165, 1.54) is 19.1 Å². The fourth-order valence-electron chi connectivity index (χ4n) is 2.39. The molecule has 1 heterocycles. The zero-order chi connectivity index (χ0) is 18.5. The van der Waals surface area contributed by atoms with Crippen LogP contribution in [0.1, 0.15) is 23.0 Å². The summed E-state index contributed by atoms with van der Waals surface area (Å²) >= 11 is 0. The van der Waals surface area contributed by atoms with Gasteiger partial charge in [-0.2, -0.15) is 0 Å². The first-order valence-corrected chi connectivity index (χ1v) is 8.12. The van der Waals surface area contributed by atoms with Crippen LogP contribution in [-0.2, 0) is 16.1 Å². The largest absolute Gasteiger partial charge is 0.448 e. The predicted molar refractivity (Wildman–Crippen MR) is 94.9 cm³/mol. The van der Waals surface area contributed by atoms with Crippen LogP contribution in [0.4, 0.5) is 4.39 Å². The fraction of sp³-hybridized carbons (Fsp3) is 0.150. The first-order chi connectivity index (χ1) is 12.5. The number of fused-ring (bicyclic) bond motifs is 1. The third-order valence-corrected chi connectivity index (χ3v) is 3.84. The number of para-hydroxylation sites is 1. The summed E-state index contributed by atoms with van der Waals surface area (Å²) in [5.74, 6) is -1.45. The number of nitrogens with one attached hydrogen (secondary N) is 1. The number of ether oxygens (including phenoxy) is 1. The number of hydrogen-bond acceptors (Lipinski definition) is 4. The highest BCUT2D eigenvalue weighted by Gasteiger charge is 2.19. The van der Waals surface area contributed by atoms with Crippen molar-refractivity contribution >= 4 is 22.8 Å². The lowest BCUT2D eigenvalue weighted by Gasteiger charge is -2.13. The van der Waals surface area contributed by atoms with Gasteiger partial charge in [-0.3, -0.25) is 4.79 Å². The topological polar surface area (TPSA) is 68.3 Å². The van der Waals surface area contributed by atoms with E-state index in [4.69, 9.17) is 4.74 Å². The second kappa shape index (κ2) is 7.74. The number of hydrogen-bond donors (Lipinski definition) is 1. The number of nitrogens with zero attached hydrogens (tertiary/aromatic N) is 1. The Morgan fingerprint density at radius 3 is 2.58 bits per heavy atom. The Labute approximate surface area is 149 Å². The molecule has 0 bridgehead atoms. The Morgan fingerprint density at radius 2 is 1.81 bits per heavy atom. The highest BCUT2D eigenvalue weighted by atomic mass is 19.1. The van der Waals surface area contributed by atoms with Crippen molar-refractivity contribution in [3.05, 3.63) is 77.7 Å². The summed E-state index contributed by atoms with van der Waals surface area (Å²) in [6.07, 6.45) is -0.976. The first-order valence-electron chi connectivity index (χ1n) is 8.12. The van der Waals surface area contributed by atoms with Crippen molar-refractivity contribution in [3.63, 3.8) is 0 Å². The van der Waals surface area contributed by atoms with Crippen molar-refractivity contribution in [1.82, 2.24) is 10.3 Å². The van der Waals surface area contributed by atoms with Gasteiger partial charge in [0.2, 0.25) is 0 Å². The van der Waals surface area contributed by atoms with Crippen LogP contribution in [0.25, 0.3) is 10.9 Å². The van der Waals surface area contributed by atoms with E-state index in [-0.39, 0.29) is 18.1 Å². The van der Waals surface area contributed by atoms with Gasteiger partial charge in [0.1, 0.15) is 11.5 Å². The average Bonchev–Trinajstić information content (AvgIpc) is 2.66. The maximum atomic E-state index is 12.9. The van der Waals surface area contributed by atoms with Gasteiger partial charge in [-0.25, -0.2) is 14.2 Å². The minimum atomic E-state index is -0.976. The van der Waals surface area contributed by atoms with E-state index in [1.807, 2.05) is 18.2 Å². The summed E-state index contributed by atoms with van der Waals surface area (Å²) < 4.78 is 18.0. The molecule has 0 spiro atoms. The zero-order valence-corrected chi connectivity index (χ0v) is 14.1. The molecule has 1 unspecified atom stereocenters. The maximum absolute atomic E-state index is 12.9. The summed E-state index contributed by atoms with van der Waals surface area (Å²) in [5, 5.41) is 3.56. The van der Waals surface area contributed by atoms with Crippen LogP contribution in [0, 0.1) is 5.82 Å². The molecular formula is C20H17FN2O3. The monoisotopic (exact) mass is 352 g/mol. The van der Waals surface area contributed by atoms with Crippen LogP contribution in [-0.4, -0.2) is 23.0 Å². The molecule has 2 aromatic carbocycles. The molecule has 1 amide bonds. The number of halogens is 1. The lowest BCUT2D eigenvalue weighted by Crippen LogP contribution is -2.35. The van der Waals surface area contributed by atoms with Gasteiger partial charge in [0.25, 0.3) is 5.91 Å². The normalized spacial score (nSPS) is 11.8. The Kier molecular flexibility index (Phi) is 5.22. The molecule has 0 aliphatic heterocycles. The standard InChI is InChI=1S/C20H17FN2O3/c1-13(19(24)22-12-14-6-9-16(21)10-7-14)26-20(25)18-11-8-15-4-2-3-5-17(15)23-18/h2-11,13H,12H2,1H3,(H,22,24). The summed E-state index contributed by atoms with van der Waals surface area (Å²) in [4.78, 5) is 28.5. The summed E-state index contributed by atoms with van der Waals surface area (Å²) in [7, 11) is 0. The molecule has 0 saturated heterocycles. The molecule has 6 heteroatoms. The van der Waals surface area contributed by atoms with Crippen molar-refractivity contribution in [3.8, 4) is 0 Å². The van der Waals surface area contributed by atoms with Gasteiger partial charge in [0, 0.05) is 11.9 Å². The van der Waals surface area contributed by atoms with Gasteiger partial charge in [-0.1, -0.05) is 36.4 Å². The number of carbonyl (C=O) groups excluding carboxylic acids is 2. The molecule has 0 aliphatic carbocycles. The number of pyridine rings is 1. The van der Waals surface area contributed by atoms with Crippen molar-refractivity contribution in [2.75, 3.05) is 0 Å². The van der Waals surface area contributed by atoms with Crippen LogP contribution in [0.2, 0.25) is 0 Å². The number of esters is 1. The number of rotatable bonds is 5. The molecule has 0 fully saturated rings. The molecule has 26 heavy (non-hydrogen) atoms.